The van der Waals surface area contributed by atoms with Crippen LogP contribution in [0.3, 0.4) is 0 Å². The Kier molecular flexibility index (Phi) is 8.25. The third-order valence-electron chi connectivity index (χ3n) is 6.64. The van der Waals surface area contributed by atoms with E-state index in [-0.39, 0.29) is 42.6 Å². The van der Waals surface area contributed by atoms with Crippen molar-refractivity contribution in [2.45, 2.75) is 38.8 Å². The zero-order valence-corrected chi connectivity index (χ0v) is 21.6. The summed E-state index contributed by atoms with van der Waals surface area (Å²) < 4.78 is 25.3. The van der Waals surface area contributed by atoms with E-state index < -0.39 is 5.82 Å². The predicted molar refractivity (Wildman–Crippen MR) is 138 cm³/mol. The van der Waals surface area contributed by atoms with Crippen molar-refractivity contribution in [1.29, 1.82) is 0 Å². The van der Waals surface area contributed by atoms with Gasteiger partial charge < -0.3 is 19.3 Å². The minimum Gasteiger partial charge on any atom is -0.493 e. The van der Waals surface area contributed by atoms with Crippen LogP contribution in [0.2, 0.25) is 0 Å². The standard InChI is InChI=1S/C28H31FN2O4S/c1-4-19(2)31(28(33)20-8-7-9-21(29)16-20)17-27(32)30-14-12-26-22(13-15-36-26)23(30)18-35-25-11-6-5-10-24(25)34-3/h5-11,13,15-16,19,23H,4,12,14,17-18H2,1-3H3/t19-,23-/m0/s1. The van der Waals surface area contributed by atoms with Gasteiger partial charge >= 0.3 is 0 Å². The number of para-hydroxylation sites is 2. The number of halogens is 1. The summed E-state index contributed by atoms with van der Waals surface area (Å²) in [6.45, 7) is 4.57. The van der Waals surface area contributed by atoms with Crippen molar-refractivity contribution in [3.8, 4) is 11.5 Å². The van der Waals surface area contributed by atoms with Crippen LogP contribution < -0.4 is 9.47 Å². The maximum Gasteiger partial charge on any atom is 0.254 e. The van der Waals surface area contributed by atoms with Crippen LogP contribution in [0.25, 0.3) is 0 Å². The molecule has 2 amide bonds. The molecule has 190 valence electrons. The molecule has 0 fully saturated rings. The van der Waals surface area contributed by atoms with E-state index >= 15 is 0 Å². The first-order chi connectivity index (χ1) is 17.4. The molecule has 1 aliphatic heterocycles. The maximum atomic E-state index is 13.8. The van der Waals surface area contributed by atoms with Crippen LogP contribution in [0.5, 0.6) is 11.5 Å². The number of carbonyl (C=O) groups excluding carboxylic acids is 2. The van der Waals surface area contributed by atoms with Crippen molar-refractivity contribution in [2.24, 2.45) is 0 Å². The Morgan fingerprint density at radius 3 is 2.67 bits per heavy atom. The fraction of sp³-hybridized carbons (Fsp3) is 0.357. The minimum atomic E-state index is -0.481. The minimum absolute atomic E-state index is 0.0883. The Morgan fingerprint density at radius 1 is 1.17 bits per heavy atom. The second-order valence-electron chi connectivity index (χ2n) is 8.81. The fourth-order valence-corrected chi connectivity index (χ4v) is 5.38. The number of methoxy groups -OCH3 is 1. The number of carbonyl (C=O) groups is 2. The zero-order valence-electron chi connectivity index (χ0n) is 20.8. The van der Waals surface area contributed by atoms with Gasteiger partial charge in [0.05, 0.1) is 13.2 Å². The summed E-state index contributed by atoms with van der Waals surface area (Å²) in [5, 5.41) is 2.04. The van der Waals surface area contributed by atoms with Gasteiger partial charge in [0.2, 0.25) is 5.91 Å². The Bertz CT molecular complexity index is 1210. The summed E-state index contributed by atoms with van der Waals surface area (Å²) >= 11 is 1.68. The van der Waals surface area contributed by atoms with Gasteiger partial charge in [0.25, 0.3) is 5.91 Å². The Labute approximate surface area is 215 Å². The number of hydrogen-bond donors (Lipinski definition) is 0. The molecule has 0 bridgehead atoms. The lowest BCUT2D eigenvalue weighted by molar-refractivity contribution is -0.136. The third kappa shape index (κ3) is 5.54. The van der Waals surface area contributed by atoms with E-state index in [1.54, 1.807) is 34.3 Å². The van der Waals surface area contributed by atoms with Gasteiger partial charge in [-0.3, -0.25) is 9.59 Å². The molecule has 4 rings (SSSR count). The van der Waals surface area contributed by atoms with Gasteiger partial charge in [-0.1, -0.05) is 25.1 Å². The molecule has 36 heavy (non-hydrogen) atoms. The summed E-state index contributed by atoms with van der Waals surface area (Å²) in [5.74, 6) is 0.237. The van der Waals surface area contributed by atoms with E-state index in [1.165, 1.54) is 23.1 Å². The van der Waals surface area contributed by atoms with Gasteiger partial charge in [-0.2, -0.15) is 0 Å². The number of ether oxygens (including phenoxy) is 2. The van der Waals surface area contributed by atoms with Crippen LogP contribution in [0, 0.1) is 5.82 Å². The highest BCUT2D eigenvalue weighted by atomic mass is 32.1. The molecule has 6 nitrogen and oxygen atoms in total. The van der Waals surface area contributed by atoms with Crippen LogP contribution in [0.4, 0.5) is 4.39 Å². The number of benzene rings is 2. The van der Waals surface area contributed by atoms with Crippen LogP contribution in [0.15, 0.2) is 60.0 Å². The summed E-state index contributed by atoms with van der Waals surface area (Å²) in [7, 11) is 1.59. The molecule has 0 N–H and O–H groups in total. The molecular weight excluding hydrogens is 479 g/mol. The zero-order chi connectivity index (χ0) is 25.7. The molecule has 2 aromatic carbocycles. The summed E-state index contributed by atoms with van der Waals surface area (Å²) in [5.41, 5.74) is 1.30. The smallest absolute Gasteiger partial charge is 0.254 e. The van der Waals surface area contributed by atoms with Crippen molar-refractivity contribution < 1.29 is 23.5 Å². The van der Waals surface area contributed by atoms with Crippen LogP contribution in [0.1, 0.15) is 47.1 Å². The second-order valence-corrected chi connectivity index (χ2v) is 9.82. The lowest BCUT2D eigenvalue weighted by atomic mass is 10.00. The molecule has 0 aliphatic carbocycles. The van der Waals surface area contributed by atoms with Gasteiger partial charge in [0.15, 0.2) is 11.5 Å². The highest BCUT2D eigenvalue weighted by Crippen LogP contribution is 2.35. The molecule has 3 aromatic rings. The number of amides is 2. The normalized spacial score (nSPS) is 15.7. The van der Waals surface area contributed by atoms with Crippen LogP contribution in [-0.2, 0) is 11.2 Å². The highest BCUT2D eigenvalue weighted by Gasteiger charge is 2.34. The molecular formula is C28H31FN2O4S. The molecule has 0 saturated carbocycles. The number of fused-ring (bicyclic) bond motifs is 1. The summed E-state index contributed by atoms with van der Waals surface area (Å²) in [6, 6.07) is 14.6. The third-order valence-corrected chi connectivity index (χ3v) is 7.64. The largest absolute Gasteiger partial charge is 0.493 e. The van der Waals surface area contributed by atoms with E-state index in [2.05, 4.69) is 0 Å². The lowest BCUT2D eigenvalue weighted by Gasteiger charge is -2.38. The molecule has 2 heterocycles. The number of thiophene rings is 1. The Morgan fingerprint density at radius 2 is 1.94 bits per heavy atom. The van der Waals surface area contributed by atoms with Gasteiger partial charge in [0.1, 0.15) is 19.0 Å². The van der Waals surface area contributed by atoms with Crippen molar-refractivity contribution in [3.63, 3.8) is 0 Å². The SMILES string of the molecule is CC[C@H](C)N(CC(=O)N1CCc2sccc2[C@@H]1COc1ccccc1OC)C(=O)c1cccc(F)c1. The average molecular weight is 511 g/mol. The van der Waals surface area contributed by atoms with Gasteiger partial charge in [-0.25, -0.2) is 4.39 Å². The quantitative estimate of drug-likeness (QED) is 0.390. The van der Waals surface area contributed by atoms with Gasteiger partial charge in [-0.05, 0) is 67.1 Å². The topological polar surface area (TPSA) is 59.1 Å². The summed E-state index contributed by atoms with van der Waals surface area (Å²) in [6.07, 6.45) is 1.43. The monoisotopic (exact) mass is 510 g/mol. The molecule has 0 spiro atoms. The Hall–Kier alpha value is -3.39. The van der Waals surface area contributed by atoms with Gasteiger partial charge in [0, 0.05) is 23.0 Å². The Balaban J connectivity index is 1.56. The fourth-order valence-electron chi connectivity index (χ4n) is 4.45. The molecule has 8 heteroatoms. The molecule has 0 saturated heterocycles. The first kappa shape index (κ1) is 25.7. The lowest BCUT2D eigenvalue weighted by Crippen LogP contribution is -2.49. The molecule has 1 aliphatic rings. The van der Waals surface area contributed by atoms with E-state index in [4.69, 9.17) is 9.47 Å². The number of rotatable bonds is 9. The maximum absolute atomic E-state index is 13.8. The first-order valence-corrected chi connectivity index (χ1v) is 13.0. The average Bonchev–Trinajstić information content (AvgIpc) is 3.38. The van der Waals surface area contributed by atoms with Crippen molar-refractivity contribution in [1.82, 2.24) is 9.80 Å². The summed E-state index contributed by atoms with van der Waals surface area (Å²) in [4.78, 5) is 31.6. The van der Waals surface area contributed by atoms with E-state index in [1.807, 2.05) is 49.6 Å². The van der Waals surface area contributed by atoms with Crippen LogP contribution in [-0.4, -0.2) is 54.5 Å². The van der Waals surface area contributed by atoms with E-state index in [0.717, 1.165) is 12.0 Å². The predicted octanol–water partition coefficient (Wildman–Crippen LogP) is 5.34. The van der Waals surface area contributed by atoms with E-state index in [0.29, 0.717) is 24.5 Å². The molecule has 0 unspecified atom stereocenters. The van der Waals surface area contributed by atoms with Crippen molar-refractivity contribution in [2.75, 3.05) is 26.8 Å². The highest BCUT2D eigenvalue weighted by molar-refractivity contribution is 7.10. The molecule has 0 radical (unpaired) electrons. The van der Waals surface area contributed by atoms with E-state index in [9.17, 15) is 14.0 Å². The second kappa shape index (κ2) is 11.6. The van der Waals surface area contributed by atoms with Crippen molar-refractivity contribution >= 4 is 23.2 Å². The van der Waals surface area contributed by atoms with Gasteiger partial charge in [-0.15, -0.1) is 11.3 Å². The van der Waals surface area contributed by atoms with Crippen molar-refractivity contribution in [3.05, 3.63) is 81.8 Å². The van der Waals surface area contributed by atoms with Crippen LogP contribution >= 0.6 is 11.3 Å². The molecule has 1 aromatic heterocycles. The number of hydrogen-bond acceptors (Lipinski definition) is 5. The number of nitrogens with zero attached hydrogens (tertiary/aromatic N) is 2. The first-order valence-electron chi connectivity index (χ1n) is 12.1. The molecule has 2 atom stereocenters.